The van der Waals surface area contributed by atoms with Gasteiger partial charge in [-0.3, -0.25) is 4.79 Å². The van der Waals surface area contributed by atoms with E-state index in [-0.39, 0.29) is 5.91 Å². The Hall–Kier alpha value is -1.31. The summed E-state index contributed by atoms with van der Waals surface area (Å²) in [6, 6.07) is 8.54. The zero-order valence-corrected chi connectivity index (χ0v) is 12.7. The predicted molar refractivity (Wildman–Crippen MR) is 83.7 cm³/mol. The van der Waals surface area contributed by atoms with E-state index >= 15 is 0 Å². The van der Waals surface area contributed by atoms with E-state index in [1.54, 1.807) is 0 Å². The highest BCUT2D eigenvalue weighted by atomic mass is 16.1. The van der Waals surface area contributed by atoms with Crippen LogP contribution in [0.5, 0.6) is 0 Å². The molecule has 0 aliphatic heterocycles. The fraction of sp³-hybridized carbons (Fsp3) is 0.611. The van der Waals surface area contributed by atoms with E-state index in [0.717, 1.165) is 25.3 Å². The van der Waals surface area contributed by atoms with Gasteiger partial charge in [-0.15, -0.1) is 0 Å². The number of rotatable bonds is 6. The topological polar surface area (TPSA) is 29.1 Å². The average Bonchev–Trinajstić information content (AvgIpc) is 2.48. The van der Waals surface area contributed by atoms with Crippen LogP contribution in [0.1, 0.15) is 56.1 Å². The number of carbonyl (C=O) groups excluding carboxylic acids is 1. The quantitative estimate of drug-likeness (QED) is 0.833. The fourth-order valence-corrected chi connectivity index (χ4v) is 3.00. The molecule has 0 aromatic heterocycles. The van der Waals surface area contributed by atoms with Crippen molar-refractivity contribution in [3.05, 3.63) is 35.4 Å². The van der Waals surface area contributed by atoms with Crippen LogP contribution >= 0.6 is 0 Å². The molecule has 0 heterocycles. The summed E-state index contributed by atoms with van der Waals surface area (Å²) in [5, 5.41) is 3.05. The summed E-state index contributed by atoms with van der Waals surface area (Å²) in [5.41, 5.74) is 2.58. The van der Waals surface area contributed by atoms with Crippen LogP contribution in [0.2, 0.25) is 0 Å². The van der Waals surface area contributed by atoms with Crippen molar-refractivity contribution in [2.24, 2.45) is 5.92 Å². The van der Waals surface area contributed by atoms with Crippen molar-refractivity contribution in [2.45, 2.75) is 58.3 Å². The lowest BCUT2D eigenvalue weighted by Gasteiger charge is -2.20. The molecule has 20 heavy (non-hydrogen) atoms. The second-order valence-electron chi connectivity index (χ2n) is 6.13. The van der Waals surface area contributed by atoms with Crippen LogP contribution < -0.4 is 5.32 Å². The molecule has 2 rings (SSSR count). The van der Waals surface area contributed by atoms with Crippen molar-refractivity contribution in [2.75, 3.05) is 6.54 Å². The minimum atomic E-state index is 0.225. The van der Waals surface area contributed by atoms with Gasteiger partial charge in [0.2, 0.25) is 5.91 Å². The standard InChI is InChI=1S/C18H27NO/c1-15-7-9-17(10-8-15)13-14-19-18(20)12-11-16-5-3-2-4-6-16/h7-10,16H,2-6,11-14H2,1H3,(H,19,20). The Morgan fingerprint density at radius 2 is 1.85 bits per heavy atom. The molecule has 1 aliphatic rings. The summed E-state index contributed by atoms with van der Waals surface area (Å²) in [4.78, 5) is 11.8. The number of amides is 1. The number of nitrogens with one attached hydrogen (secondary N) is 1. The first-order valence-corrected chi connectivity index (χ1v) is 8.06. The third-order valence-corrected chi connectivity index (χ3v) is 4.36. The molecule has 0 saturated heterocycles. The number of benzene rings is 1. The Balaban J connectivity index is 1.58. The molecule has 0 radical (unpaired) electrons. The van der Waals surface area contributed by atoms with Crippen LogP contribution in [-0.4, -0.2) is 12.5 Å². The van der Waals surface area contributed by atoms with Crippen molar-refractivity contribution in [1.82, 2.24) is 5.32 Å². The van der Waals surface area contributed by atoms with Crippen LogP contribution in [0.25, 0.3) is 0 Å². The fourth-order valence-electron chi connectivity index (χ4n) is 3.00. The summed E-state index contributed by atoms with van der Waals surface area (Å²) in [6.07, 6.45) is 9.48. The summed E-state index contributed by atoms with van der Waals surface area (Å²) in [6.45, 7) is 2.85. The molecule has 0 spiro atoms. The Morgan fingerprint density at radius 3 is 2.55 bits per heavy atom. The lowest BCUT2D eigenvalue weighted by atomic mass is 9.86. The lowest BCUT2D eigenvalue weighted by Crippen LogP contribution is -2.26. The first-order valence-electron chi connectivity index (χ1n) is 8.06. The zero-order valence-electron chi connectivity index (χ0n) is 12.7. The van der Waals surface area contributed by atoms with Gasteiger partial charge >= 0.3 is 0 Å². The predicted octanol–water partition coefficient (Wildman–Crippen LogP) is 4.01. The van der Waals surface area contributed by atoms with E-state index in [1.807, 2.05) is 0 Å². The van der Waals surface area contributed by atoms with E-state index in [0.29, 0.717) is 6.42 Å². The summed E-state index contributed by atoms with van der Waals surface area (Å²) in [5.74, 6) is 1.02. The number of hydrogen-bond acceptors (Lipinski definition) is 1. The molecule has 0 bridgehead atoms. The maximum atomic E-state index is 11.8. The minimum absolute atomic E-state index is 0.225. The molecule has 2 nitrogen and oxygen atoms in total. The third kappa shape index (κ3) is 5.36. The highest BCUT2D eigenvalue weighted by Crippen LogP contribution is 2.27. The van der Waals surface area contributed by atoms with Crippen LogP contribution in [0.4, 0.5) is 0 Å². The van der Waals surface area contributed by atoms with Crippen molar-refractivity contribution in [3.63, 3.8) is 0 Å². The van der Waals surface area contributed by atoms with Crippen molar-refractivity contribution < 1.29 is 4.79 Å². The molecule has 0 atom stereocenters. The molecule has 1 aromatic rings. The van der Waals surface area contributed by atoms with Gasteiger partial charge in [0.1, 0.15) is 0 Å². The summed E-state index contributed by atoms with van der Waals surface area (Å²) < 4.78 is 0. The molecule has 1 aliphatic carbocycles. The molecular formula is C18H27NO. The highest BCUT2D eigenvalue weighted by Gasteiger charge is 2.14. The zero-order chi connectivity index (χ0) is 14.2. The minimum Gasteiger partial charge on any atom is -0.356 e. The monoisotopic (exact) mass is 273 g/mol. The average molecular weight is 273 g/mol. The Bertz CT molecular complexity index is 404. The summed E-state index contributed by atoms with van der Waals surface area (Å²) >= 11 is 0. The maximum Gasteiger partial charge on any atom is 0.220 e. The molecule has 1 saturated carbocycles. The Labute approximate surface area is 123 Å². The van der Waals surface area contributed by atoms with E-state index in [2.05, 4.69) is 36.5 Å². The molecule has 110 valence electrons. The first-order chi connectivity index (χ1) is 9.74. The van der Waals surface area contributed by atoms with Crippen LogP contribution in [0.15, 0.2) is 24.3 Å². The third-order valence-electron chi connectivity index (χ3n) is 4.36. The van der Waals surface area contributed by atoms with Gasteiger partial charge in [0.15, 0.2) is 0 Å². The van der Waals surface area contributed by atoms with Gasteiger partial charge in [0.05, 0.1) is 0 Å². The maximum absolute atomic E-state index is 11.8. The smallest absolute Gasteiger partial charge is 0.220 e. The van der Waals surface area contributed by atoms with Crippen LogP contribution in [0, 0.1) is 12.8 Å². The molecule has 2 heteroatoms. The number of aryl methyl sites for hydroxylation is 1. The largest absolute Gasteiger partial charge is 0.356 e. The van der Waals surface area contributed by atoms with Gasteiger partial charge in [-0.2, -0.15) is 0 Å². The van der Waals surface area contributed by atoms with Gasteiger partial charge < -0.3 is 5.32 Å². The van der Waals surface area contributed by atoms with Crippen molar-refractivity contribution in [3.8, 4) is 0 Å². The second-order valence-corrected chi connectivity index (χ2v) is 6.13. The van der Waals surface area contributed by atoms with Gasteiger partial charge in [0.25, 0.3) is 0 Å². The molecule has 0 unspecified atom stereocenters. The number of hydrogen-bond donors (Lipinski definition) is 1. The van der Waals surface area contributed by atoms with Crippen LogP contribution in [-0.2, 0) is 11.2 Å². The van der Waals surface area contributed by atoms with Gasteiger partial charge in [-0.05, 0) is 31.2 Å². The second kappa shape index (κ2) is 8.08. The molecule has 1 fully saturated rings. The van der Waals surface area contributed by atoms with Crippen LogP contribution in [0.3, 0.4) is 0 Å². The number of carbonyl (C=O) groups is 1. The molecule has 1 aromatic carbocycles. The van der Waals surface area contributed by atoms with Crippen molar-refractivity contribution in [1.29, 1.82) is 0 Å². The van der Waals surface area contributed by atoms with E-state index < -0.39 is 0 Å². The van der Waals surface area contributed by atoms with Gasteiger partial charge in [0, 0.05) is 13.0 Å². The molecule has 1 N–H and O–H groups in total. The van der Waals surface area contributed by atoms with Gasteiger partial charge in [-0.25, -0.2) is 0 Å². The first kappa shape index (κ1) is 15.1. The lowest BCUT2D eigenvalue weighted by molar-refractivity contribution is -0.121. The van der Waals surface area contributed by atoms with E-state index in [1.165, 1.54) is 43.2 Å². The van der Waals surface area contributed by atoms with Crippen molar-refractivity contribution >= 4 is 5.91 Å². The van der Waals surface area contributed by atoms with Gasteiger partial charge in [-0.1, -0.05) is 61.9 Å². The molecule has 1 amide bonds. The highest BCUT2D eigenvalue weighted by molar-refractivity contribution is 5.75. The summed E-state index contributed by atoms with van der Waals surface area (Å²) in [7, 11) is 0. The Morgan fingerprint density at radius 1 is 1.15 bits per heavy atom. The van der Waals surface area contributed by atoms with E-state index in [4.69, 9.17) is 0 Å². The molecular weight excluding hydrogens is 246 g/mol. The SMILES string of the molecule is Cc1ccc(CCNC(=O)CCC2CCCCC2)cc1. The Kier molecular flexibility index (Phi) is 6.10. The van der Waals surface area contributed by atoms with E-state index in [9.17, 15) is 4.79 Å². The normalized spacial score (nSPS) is 16.1.